The predicted molar refractivity (Wildman–Crippen MR) is 57.2 cm³/mol. The molecule has 78 valence electrons. The first-order valence-electron chi connectivity index (χ1n) is 5.26. The second-order valence-electron chi connectivity index (χ2n) is 4.12. The Hall–Kier alpha value is -1.63. The van der Waals surface area contributed by atoms with E-state index < -0.39 is 0 Å². The highest BCUT2D eigenvalue weighted by Gasteiger charge is 2.40. The summed E-state index contributed by atoms with van der Waals surface area (Å²) in [6.07, 6.45) is 3.82. The molecule has 0 spiro atoms. The van der Waals surface area contributed by atoms with E-state index in [-0.39, 0.29) is 0 Å². The fraction of sp³-hybridized carbons (Fsp3) is 0.545. The molecule has 1 aliphatic carbocycles. The number of rotatable bonds is 4. The van der Waals surface area contributed by atoms with Crippen molar-refractivity contribution >= 4 is 5.82 Å². The van der Waals surface area contributed by atoms with Crippen LogP contribution in [0.1, 0.15) is 31.9 Å². The number of nitrogens with zero attached hydrogens (tertiary/aromatic N) is 3. The molecule has 4 nitrogen and oxygen atoms in total. The van der Waals surface area contributed by atoms with Gasteiger partial charge in [-0.2, -0.15) is 5.26 Å². The zero-order valence-electron chi connectivity index (χ0n) is 8.82. The van der Waals surface area contributed by atoms with Gasteiger partial charge in [0.05, 0.1) is 0 Å². The molecule has 15 heavy (non-hydrogen) atoms. The number of nitriles is 1. The van der Waals surface area contributed by atoms with E-state index in [4.69, 9.17) is 5.26 Å². The van der Waals surface area contributed by atoms with Crippen LogP contribution in [0.3, 0.4) is 0 Å². The highest BCUT2D eigenvalue weighted by molar-refractivity contribution is 5.35. The van der Waals surface area contributed by atoms with Crippen LogP contribution in [-0.4, -0.2) is 16.7 Å². The number of hydrogen-bond acceptors (Lipinski definition) is 4. The number of nitrogens with one attached hydrogen (secondary N) is 1. The minimum atomic E-state index is 0.358. The summed E-state index contributed by atoms with van der Waals surface area (Å²) in [6, 6.07) is 5.43. The molecule has 0 unspecified atom stereocenters. The van der Waals surface area contributed by atoms with Gasteiger partial charge in [-0.1, -0.05) is 6.92 Å². The summed E-state index contributed by atoms with van der Waals surface area (Å²) >= 11 is 0. The normalized spacial score (nSPS) is 16.8. The molecule has 0 atom stereocenters. The van der Waals surface area contributed by atoms with Crippen molar-refractivity contribution < 1.29 is 0 Å². The standard InChI is InChI=1S/C11H14N4/c1-2-11(5-6-11)8-13-10-4-3-9(7-12)14-15-10/h3-4H,2,5-6,8H2,1H3,(H,13,15). The molecular formula is C11H14N4. The fourth-order valence-corrected chi connectivity index (χ4v) is 1.60. The Labute approximate surface area is 89.3 Å². The minimum Gasteiger partial charge on any atom is -0.368 e. The van der Waals surface area contributed by atoms with E-state index in [9.17, 15) is 0 Å². The van der Waals surface area contributed by atoms with Gasteiger partial charge >= 0.3 is 0 Å². The highest BCUT2D eigenvalue weighted by atomic mass is 15.2. The topological polar surface area (TPSA) is 61.6 Å². The fourth-order valence-electron chi connectivity index (χ4n) is 1.60. The van der Waals surface area contributed by atoms with Gasteiger partial charge in [0.25, 0.3) is 0 Å². The first kappa shape index (κ1) is 9.91. The Balaban J connectivity index is 1.91. The summed E-state index contributed by atoms with van der Waals surface area (Å²) in [6.45, 7) is 3.18. The van der Waals surface area contributed by atoms with Crippen LogP contribution in [0.4, 0.5) is 5.82 Å². The van der Waals surface area contributed by atoms with Crippen LogP contribution in [0.2, 0.25) is 0 Å². The molecule has 2 rings (SSSR count). The second-order valence-corrected chi connectivity index (χ2v) is 4.12. The lowest BCUT2D eigenvalue weighted by atomic mass is 10.0. The minimum absolute atomic E-state index is 0.358. The summed E-state index contributed by atoms with van der Waals surface area (Å²) in [5, 5.41) is 19.5. The Morgan fingerprint density at radius 1 is 1.47 bits per heavy atom. The van der Waals surface area contributed by atoms with E-state index >= 15 is 0 Å². The van der Waals surface area contributed by atoms with E-state index in [1.807, 2.05) is 6.07 Å². The second kappa shape index (κ2) is 3.85. The van der Waals surface area contributed by atoms with Crippen LogP contribution in [-0.2, 0) is 0 Å². The molecule has 1 aromatic heterocycles. The maximum atomic E-state index is 8.56. The van der Waals surface area contributed by atoms with Gasteiger partial charge in [0, 0.05) is 6.54 Å². The third kappa shape index (κ3) is 2.24. The van der Waals surface area contributed by atoms with Crippen molar-refractivity contribution in [3.8, 4) is 6.07 Å². The molecule has 1 heterocycles. The molecule has 1 N–H and O–H groups in total. The van der Waals surface area contributed by atoms with Crippen LogP contribution in [0.5, 0.6) is 0 Å². The van der Waals surface area contributed by atoms with Gasteiger partial charge in [-0.25, -0.2) is 0 Å². The van der Waals surface area contributed by atoms with E-state index in [1.165, 1.54) is 19.3 Å². The molecular weight excluding hydrogens is 188 g/mol. The SMILES string of the molecule is CCC1(CNc2ccc(C#N)nn2)CC1. The van der Waals surface area contributed by atoms with Crippen LogP contribution in [0.25, 0.3) is 0 Å². The van der Waals surface area contributed by atoms with E-state index in [2.05, 4.69) is 22.4 Å². The monoisotopic (exact) mass is 202 g/mol. The number of hydrogen-bond donors (Lipinski definition) is 1. The highest BCUT2D eigenvalue weighted by Crippen LogP contribution is 2.48. The molecule has 0 aliphatic heterocycles. The van der Waals surface area contributed by atoms with Crippen LogP contribution >= 0.6 is 0 Å². The third-order valence-corrected chi connectivity index (χ3v) is 3.13. The number of aromatic nitrogens is 2. The van der Waals surface area contributed by atoms with Crippen LogP contribution in [0, 0.1) is 16.7 Å². The van der Waals surface area contributed by atoms with Crippen molar-refractivity contribution in [2.24, 2.45) is 5.41 Å². The van der Waals surface area contributed by atoms with Crippen molar-refractivity contribution in [2.75, 3.05) is 11.9 Å². The Morgan fingerprint density at radius 2 is 2.27 bits per heavy atom. The van der Waals surface area contributed by atoms with Gasteiger partial charge in [0.1, 0.15) is 11.9 Å². The van der Waals surface area contributed by atoms with Gasteiger partial charge in [0.2, 0.25) is 0 Å². The Bertz CT molecular complexity index is 373. The average Bonchev–Trinajstić information content (AvgIpc) is 3.08. The number of anilines is 1. The molecule has 0 bridgehead atoms. The van der Waals surface area contributed by atoms with Gasteiger partial charge in [-0.15, -0.1) is 10.2 Å². The maximum absolute atomic E-state index is 8.56. The van der Waals surface area contributed by atoms with Crippen molar-refractivity contribution in [2.45, 2.75) is 26.2 Å². The molecule has 1 fully saturated rings. The lowest BCUT2D eigenvalue weighted by Crippen LogP contribution is -2.15. The zero-order chi connectivity index (χ0) is 10.7. The first-order chi connectivity index (χ1) is 7.28. The maximum Gasteiger partial charge on any atom is 0.163 e. The molecule has 1 aliphatic rings. The molecule has 1 saturated carbocycles. The van der Waals surface area contributed by atoms with E-state index in [0.29, 0.717) is 11.1 Å². The lowest BCUT2D eigenvalue weighted by Gasteiger charge is -2.13. The van der Waals surface area contributed by atoms with Crippen LogP contribution in [0.15, 0.2) is 12.1 Å². The quantitative estimate of drug-likeness (QED) is 0.810. The molecule has 4 heteroatoms. The van der Waals surface area contributed by atoms with E-state index in [0.717, 1.165) is 12.4 Å². The molecule has 0 aromatic carbocycles. The van der Waals surface area contributed by atoms with Gasteiger partial charge in [0.15, 0.2) is 5.69 Å². The Morgan fingerprint density at radius 3 is 2.73 bits per heavy atom. The summed E-state index contributed by atoms with van der Waals surface area (Å²) < 4.78 is 0. The summed E-state index contributed by atoms with van der Waals surface area (Å²) in [5.74, 6) is 0.758. The van der Waals surface area contributed by atoms with Gasteiger partial charge in [-0.05, 0) is 36.8 Å². The summed E-state index contributed by atoms with van der Waals surface area (Å²) in [4.78, 5) is 0. The first-order valence-corrected chi connectivity index (χ1v) is 5.26. The van der Waals surface area contributed by atoms with Crippen molar-refractivity contribution in [3.63, 3.8) is 0 Å². The van der Waals surface area contributed by atoms with Crippen LogP contribution < -0.4 is 5.32 Å². The van der Waals surface area contributed by atoms with Crippen molar-refractivity contribution in [1.29, 1.82) is 5.26 Å². The van der Waals surface area contributed by atoms with E-state index in [1.54, 1.807) is 12.1 Å². The molecule has 0 radical (unpaired) electrons. The van der Waals surface area contributed by atoms with Gasteiger partial charge < -0.3 is 5.32 Å². The zero-order valence-corrected chi connectivity index (χ0v) is 8.82. The van der Waals surface area contributed by atoms with Gasteiger partial charge in [-0.3, -0.25) is 0 Å². The predicted octanol–water partition coefficient (Wildman–Crippen LogP) is 1.95. The molecule has 0 saturated heterocycles. The Kier molecular flexibility index (Phi) is 2.55. The smallest absolute Gasteiger partial charge is 0.163 e. The average molecular weight is 202 g/mol. The molecule has 1 aromatic rings. The largest absolute Gasteiger partial charge is 0.368 e. The lowest BCUT2D eigenvalue weighted by molar-refractivity contribution is 0.520. The van der Waals surface area contributed by atoms with Crippen molar-refractivity contribution in [3.05, 3.63) is 17.8 Å². The van der Waals surface area contributed by atoms with Crippen molar-refractivity contribution in [1.82, 2.24) is 10.2 Å². The summed E-state index contributed by atoms with van der Waals surface area (Å²) in [5.41, 5.74) is 0.854. The summed E-state index contributed by atoms with van der Waals surface area (Å²) in [7, 11) is 0. The molecule has 0 amide bonds. The third-order valence-electron chi connectivity index (χ3n) is 3.13.